The first-order valence-electron chi connectivity index (χ1n) is 10.9. The number of ether oxygens (including phenoxy) is 1. The van der Waals surface area contributed by atoms with Crippen LogP contribution >= 0.6 is 0 Å². The second-order valence-electron chi connectivity index (χ2n) is 7.68. The summed E-state index contributed by atoms with van der Waals surface area (Å²) in [5, 5.41) is 3.08. The van der Waals surface area contributed by atoms with Gasteiger partial charge in [-0.2, -0.15) is 0 Å². The van der Waals surface area contributed by atoms with Gasteiger partial charge in [-0.15, -0.1) is 6.58 Å². The van der Waals surface area contributed by atoms with Crippen LogP contribution in [-0.4, -0.2) is 18.4 Å². The maximum Gasteiger partial charge on any atom is 0.349 e. The Labute approximate surface area is 196 Å². The monoisotopic (exact) mass is 453 g/mol. The molecule has 6 heteroatoms. The van der Waals surface area contributed by atoms with Crippen LogP contribution in [0.5, 0.6) is 5.75 Å². The third-order valence-corrected chi connectivity index (χ3v) is 5.33. The highest BCUT2D eigenvalue weighted by atomic mass is 16.5. The first kappa shape index (κ1) is 22.7. The molecule has 1 aromatic heterocycles. The van der Waals surface area contributed by atoms with Crippen LogP contribution < -0.4 is 15.7 Å². The molecule has 1 N–H and O–H groups in total. The van der Waals surface area contributed by atoms with Gasteiger partial charge in [0.05, 0.1) is 5.56 Å². The Hall–Kier alpha value is -4.45. The summed E-state index contributed by atoms with van der Waals surface area (Å²) >= 11 is 0. The average molecular weight is 453 g/mol. The highest BCUT2D eigenvalue weighted by molar-refractivity contribution is 5.97. The fourth-order valence-electron chi connectivity index (χ4n) is 3.60. The Morgan fingerprint density at radius 2 is 1.68 bits per heavy atom. The number of hydrogen-bond acceptors (Lipinski definition) is 5. The standard InChI is InChI=1S/C28H23NO5/c1-2-16-29-26(30)24-17-21-14-15-22(18-25(21)34-28(24)32)33-27(31)23-11-7-6-10-20(23)13-12-19-8-4-3-5-9-19/h2-11,14-15,17-18H,1,12-13,16H2,(H,29,30). The number of benzene rings is 3. The third-order valence-electron chi connectivity index (χ3n) is 5.33. The van der Waals surface area contributed by atoms with Gasteiger partial charge in [0.1, 0.15) is 16.9 Å². The molecular formula is C28H23NO5. The van der Waals surface area contributed by atoms with E-state index >= 15 is 0 Å². The summed E-state index contributed by atoms with van der Waals surface area (Å²) < 4.78 is 10.9. The Morgan fingerprint density at radius 3 is 2.47 bits per heavy atom. The van der Waals surface area contributed by atoms with Gasteiger partial charge in [-0.25, -0.2) is 9.59 Å². The molecule has 0 spiro atoms. The molecule has 0 aliphatic carbocycles. The van der Waals surface area contributed by atoms with Gasteiger partial charge in [-0.1, -0.05) is 54.6 Å². The highest BCUT2D eigenvalue weighted by Gasteiger charge is 2.16. The first-order chi connectivity index (χ1) is 16.5. The second kappa shape index (κ2) is 10.4. The van der Waals surface area contributed by atoms with Gasteiger partial charge >= 0.3 is 11.6 Å². The number of nitrogens with one attached hydrogen (secondary N) is 1. The lowest BCUT2D eigenvalue weighted by Gasteiger charge is -2.10. The molecule has 0 radical (unpaired) electrons. The molecule has 4 aromatic rings. The minimum atomic E-state index is -0.774. The summed E-state index contributed by atoms with van der Waals surface area (Å²) in [6, 6.07) is 23.5. The molecule has 0 unspecified atom stereocenters. The predicted molar refractivity (Wildman–Crippen MR) is 130 cm³/mol. The Balaban J connectivity index is 1.52. The molecule has 6 nitrogen and oxygen atoms in total. The summed E-state index contributed by atoms with van der Waals surface area (Å²) in [6.45, 7) is 3.76. The molecule has 0 aliphatic rings. The molecule has 0 bridgehead atoms. The zero-order valence-electron chi connectivity index (χ0n) is 18.5. The van der Waals surface area contributed by atoms with Crippen molar-refractivity contribution in [2.75, 3.05) is 6.54 Å². The van der Waals surface area contributed by atoms with Gasteiger partial charge in [0.15, 0.2) is 0 Å². The molecule has 0 saturated heterocycles. The molecule has 170 valence electrons. The second-order valence-corrected chi connectivity index (χ2v) is 7.68. The smallest absolute Gasteiger partial charge is 0.349 e. The summed E-state index contributed by atoms with van der Waals surface area (Å²) in [6.07, 6.45) is 3.01. The summed E-state index contributed by atoms with van der Waals surface area (Å²) in [7, 11) is 0. The fourth-order valence-corrected chi connectivity index (χ4v) is 3.60. The third kappa shape index (κ3) is 5.30. The van der Waals surface area contributed by atoms with E-state index in [-0.39, 0.29) is 23.4 Å². The van der Waals surface area contributed by atoms with Gasteiger partial charge in [0.25, 0.3) is 5.91 Å². The van der Waals surface area contributed by atoms with Crippen molar-refractivity contribution in [2.24, 2.45) is 0 Å². The van der Waals surface area contributed by atoms with Crippen molar-refractivity contribution < 1.29 is 18.7 Å². The zero-order valence-corrected chi connectivity index (χ0v) is 18.5. The zero-order chi connectivity index (χ0) is 23.9. The van der Waals surface area contributed by atoms with Crippen LogP contribution in [-0.2, 0) is 12.8 Å². The van der Waals surface area contributed by atoms with Crippen molar-refractivity contribution >= 4 is 22.8 Å². The van der Waals surface area contributed by atoms with Crippen molar-refractivity contribution in [3.8, 4) is 5.75 Å². The van der Waals surface area contributed by atoms with Gasteiger partial charge in [-0.05, 0) is 48.2 Å². The van der Waals surface area contributed by atoms with Crippen LogP contribution in [0.1, 0.15) is 31.8 Å². The number of hydrogen-bond donors (Lipinski definition) is 1. The van der Waals surface area contributed by atoms with Crippen LogP contribution in [0.25, 0.3) is 11.0 Å². The Morgan fingerprint density at radius 1 is 0.912 bits per heavy atom. The SMILES string of the molecule is C=CCNC(=O)c1cc2ccc(OC(=O)c3ccccc3CCc3ccccc3)cc2oc1=O. The lowest BCUT2D eigenvalue weighted by atomic mass is 10.00. The van der Waals surface area contributed by atoms with Crippen molar-refractivity contribution in [1.29, 1.82) is 0 Å². The average Bonchev–Trinajstić information content (AvgIpc) is 2.86. The van der Waals surface area contributed by atoms with Gasteiger partial charge in [0, 0.05) is 18.0 Å². The Kier molecular flexibility index (Phi) is 6.98. The number of carbonyl (C=O) groups excluding carboxylic acids is 2. The number of rotatable bonds is 8. The topological polar surface area (TPSA) is 85.6 Å². The largest absolute Gasteiger partial charge is 0.423 e. The van der Waals surface area contributed by atoms with E-state index in [9.17, 15) is 14.4 Å². The molecule has 3 aromatic carbocycles. The van der Waals surface area contributed by atoms with E-state index in [1.165, 1.54) is 23.8 Å². The van der Waals surface area contributed by atoms with E-state index in [1.54, 1.807) is 24.3 Å². The molecule has 0 atom stereocenters. The van der Waals surface area contributed by atoms with Crippen molar-refractivity contribution in [2.45, 2.75) is 12.8 Å². The van der Waals surface area contributed by atoms with Gasteiger partial charge in [0.2, 0.25) is 0 Å². The number of esters is 1. The van der Waals surface area contributed by atoms with E-state index in [4.69, 9.17) is 9.15 Å². The number of amides is 1. The molecule has 0 fully saturated rings. The number of carbonyl (C=O) groups is 2. The minimum Gasteiger partial charge on any atom is -0.423 e. The molecule has 0 saturated carbocycles. The molecule has 1 heterocycles. The van der Waals surface area contributed by atoms with E-state index in [2.05, 4.69) is 24.0 Å². The van der Waals surface area contributed by atoms with Crippen molar-refractivity contribution in [3.05, 3.63) is 124 Å². The summed E-state index contributed by atoms with van der Waals surface area (Å²) in [4.78, 5) is 37.3. The van der Waals surface area contributed by atoms with Crippen LogP contribution in [0.4, 0.5) is 0 Å². The molecule has 1 amide bonds. The molecule has 0 aliphatic heterocycles. The highest BCUT2D eigenvalue weighted by Crippen LogP contribution is 2.22. The van der Waals surface area contributed by atoms with Crippen molar-refractivity contribution in [3.63, 3.8) is 0 Å². The van der Waals surface area contributed by atoms with E-state index in [0.29, 0.717) is 17.4 Å². The number of fused-ring (bicyclic) bond motifs is 1. The van der Waals surface area contributed by atoms with Crippen LogP contribution in [0, 0.1) is 0 Å². The lowest BCUT2D eigenvalue weighted by Crippen LogP contribution is -2.28. The minimum absolute atomic E-state index is 0.105. The quantitative estimate of drug-likeness (QED) is 0.181. The van der Waals surface area contributed by atoms with Gasteiger partial charge < -0.3 is 14.5 Å². The maximum absolute atomic E-state index is 12.9. The van der Waals surface area contributed by atoms with Crippen LogP contribution in [0.2, 0.25) is 0 Å². The first-order valence-corrected chi connectivity index (χ1v) is 10.9. The summed E-state index contributed by atoms with van der Waals surface area (Å²) in [5.41, 5.74) is 1.89. The van der Waals surface area contributed by atoms with E-state index in [0.717, 1.165) is 12.0 Å². The van der Waals surface area contributed by atoms with Crippen LogP contribution in [0.15, 0.2) is 101 Å². The Bertz CT molecular complexity index is 1410. The van der Waals surface area contributed by atoms with Crippen LogP contribution in [0.3, 0.4) is 0 Å². The normalized spacial score (nSPS) is 10.6. The molecule has 34 heavy (non-hydrogen) atoms. The van der Waals surface area contributed by atoms with E-state index < -0.39 is 17.5 Å². The molecule has 4 rings (SSSR count). The predicted octanol–water partition coefficient (Wildman–Crippen LogP) is 4.71. The maximum atomic E-state index is 12.9. The lowest BCUT2D eigenvalue weighted by molar-refractivity contribution is 0.0733. The van der Waals surface area contributed by atoms with E-state index in [1.807, 2.05) is 30.3 Å². The van der Waals surface area contributed by atoms with Gasteiger partial charge in [-0.3, -0.25) is 4.79 Å². The summed E-state index contributed by atoms with van der Waals surface area (Å²) in [5.74, 6) is -0.800. The number of aryl methyl sites for hydroxylation is 2. The fraction of sp³-hybridized carbons (Fsp3) is 0.107. The molecular weight excluding hydrogens is 430 g/mol. The van der Waals surface area contributed by atoms with Crippen molar-refractivity contribution in [1.82, 2.24) is 5.32 Å².